The first-order valence-corrected chi connectivity index (χ1v) is 7.21. The van der Waals surface area contributed by atoms with Crippen LogP contribution < -0.4 is 5.32 Å². The second-order valence-electron chi connectivity index (χ2n) is 4.32. The van der Waals surface area contributed by atoms with E-state index in [4.69, 9.17) is 4.42 Å². The van der Waals surface area contributed by atoms with E-state index in [0.717, 1.165) is 29.9 Å². The normalized spacial score (nSPS) is 12.6. The summed E-state index contributed by atoms with van der Waals surface area (Å²) in [5.74, 6) is 0.716. The maximum Gasteiger partial charge on any atom is 0.137 e. The quantitative estimate of drug-likeness (QED) is 0.879. The molecule has 0 amide bonds. The van der Waals surface area contributed by atoms with Crippen LogP contribution in [-0.2, 0) is 6.42 Å². The van der Waals surface area contributed by atoms with Crippen molar-refractivity contribution < 1.29 is 8.81 Å². The first-order valence-electron chi connectivity index (χ1n) is 6.42. The van der Waals surface area contributed by atoms with Crippen molar-refractivity contribution in [1.29, 1.82) is 0 Å². The minimum Gasteiger partial charge on any atom is -0.469 e. The molecule has 102 valence electrons. The first kappa shape index (κ1) is 14.3. The number of aryl methyl sites for hydroxylation is 1. The predicted molar refractivity (Wildman–Crippen MR) is 77.7 cm³/mol. The molecule has 2 nitrogen and oxygen atoms in total. The van der Waals surface area contributed by atoms with E-state index in [1.165, 1.54) is 6.07 Å². The molecule has 0 radical (unpaired) electrons. The molecule has 4 heteroatoms. The zero-order chi connectivity index (χ0) is 13.8. The van der Waals surface area contributed by atoms with Crippen LogP contribution in [0, 0.1) is 5.82 Å². The predicted octanol–water partition coefficient (Wildman–Crippen LogP) is 4.44. The van der Waals surface area contributed by atoms with Crippen LogP contribution in [0.5, 0.6) is 0 Å². The van der Waals surface area contributed by atoms with Gasteiger partial charge in [0.2, 0.25) is 0 Å². The highest BCUT2D eigenvalue weighted by Crippen LogP contribution is 2.29. The van der Waals surface area contributed by atoms with Gasteiger partial charge in [-0.05, 0) is 46.2 Å². The average molecular weight is 326 g/mol. The van der Waals surface area contributed by atoms with E-state index in [0.29, 0.717) is 4.47 Å². The van der Waals surface area contributed by atoms with E-state index in [1.54, 1.807) is 12.3 Å². The van der Waals surface area contributed by atoms with Crippen LogP contribution >= 0.6 is 15.9 Å². The van der Waals surface area contributed by atoms with Gasteiger partial charge in [0.1, 0.15) is 11.6 Å². The Balaban J connectivity index is 2.42. The molecule has 0 saturated carbocycles. The smallest absolute Gasteiger partial charge is 0.137 e. The third kappa shape index (κ3) is 3.07. The third-order valence-corrected chi connectivity index (χ3v) is 3.70. The summed E-state index contributed by atoms with van der Waals surface area (Å²) in [6.07, 6.45) is 2.55. The summed E-state index contributed by atoms with van der Waals surface area (Å²) in [6, 6.07) is 7.10. The van der Waals surface area contributed by atoms with Gasteiger partial charge in [-0.25, -0.2) is 4.39 Å². The van der Waals surface area contributed by atoms with Gasteiger partial charge in [-0.15, -0.1) is 0 Å². The molecule has 0 bridgehead atoms. The van der Waals surface area contributed by atoms with Crippen LogP contribution in [-0.4, -0.2) is 6.54 Å². The van der Waals surface area contributed by atoms with Crippen LogP contribution in [0.1, 0.15) is 36.8 Å². The molecule has 19 heavy (non-hydrogen) atoms. The number of benzene rings is 1. The maximum atomic E-state index is 13.4. The number of nitrogens with one attached hydrogen (secondary N) is 1. The van der Waals surface area contributed by atoms with Gasteiger partial charge in [0.15, 0.2) is 0 Å². The Hall–Kier alpha value is -1.13. The van der Waals surface area contributed by atoms with Gasteiger partial charge in [0.25, 0.3) is 0 Å². The Labute approximate surface area is 121 Å². The zero-order valence-corrected chi connectivity index (χ0v) is 12.6. The Morgan fingerprint density at radius 3 is 2.74 bits per heavy atom. The molecule has 1 heterocycles. The average Bonchev–Trinajstić information content (AvgIpc) is 2.87. The summed E-state index contributed by atoms with van der Waals surface area (Å²) in [5.41, 5.74) is 2.13. The topological polar surface area (TPSA) is 25.2 Å². The minimum absolute atomic E-state index is 0.0237. The summed E-state index contributed by atoms with van der Waals surface area (Å²) in [4.78, 5) is 0. The second kappa shape index (κ2) is 6.35. The van der Waals surface area contributed by atoms with Crippen molar-refractivity contribution in [1.82, 2.24) is 5.32 Å². The lowest BCUT2D eigenvalue weighted by atomic mass is 9.98. The molecule has 0 aliphatic heterocycles. The van der Waals surface area contributed by atoms with Crippen molar-refractivity contribution >= 4 is 15.9 Å². The van der Waals surface area contributed by atoms with E-state index in [2.05, 4.69) is 35.1 Å². The van der Waals surface area contributed by atoms with Gasteiger partial charge in [-0.3, -0.25) is 0 Å². The fourth-order valence-corrected chi connectivity index (χ4v) is 2.60. The van der Waals surface area contributed by atoms with Gasteiger partial charge in [-0.1, -0.05) is 19.9 Å². The SMILES string of the molecule is CCNC(c1ccc(F)c(Br)c1)c1ccoc1CC. The molecule has 2 aromatic rings. The third-order valence-electron chi connectivity index (χ3n) is 3.10. The Bertz CT molecular complexity index is 553. The molecule has 0 spiro atoms. The molecular weight excluding hydrogens is 309 g/mol. The fraction of sp³-hybridized carbons (Fsp3) is 0.333. The van der Waals surface area contributed by atoms with E-state index in [9.17, 15) is 4.39 Å². The summed E-state index contributed by atoms with van der Waals surface area (Å²) < 4.78 is 19.3. The first-order chi connectivity index (χ1) is 9.17. The van der Waals surface area contributed by atoms with Crippen molar-refractivity contribution in [3.63, 3.8) is 0 Å². The van der Waals surface area contributed by atoms with Crippen LogP contribution in [0.2, 0.25) is 0 Å². The number of halogens is 2. The number of hydrogen-bond donors (Lipinski definition) is 1. The monoisotopic (exact) mass is 325 g/mol. The fourth-order valence-electron chi connectivity index (χ4n) is 2.20. The van der Waals surface area contributed by atoms with Crippen molar-refractivity contribution in [2.45, 2.75) is 26.3 Å². The number of rotatable bonds is 5. The summed E-state index contributed by atoms with van der Waals surface area (Å²) in [5, 5.41) is 3.42. The molecule has 1 aromatic carbocycles. The highest BCUT2D eigenvalue weighted by Gasteiger charge is 2.19. The molecular formula is C15H17BrFNO. The lowest BCUT2D eigenvalue weighted by Gasteiger charge is -2.19. The molecule has 1 N–H and O–H groups in total. The van der Waals surface area contributed by atoms with Crippen LogP contribution in [0.25, 0.3) is 0 Å². The van der Waals surface area contributed by atoms with Gasteiger partial charge < -0.3 is 9.73 Å². The summed E-state index contributed by atoms with van der Waals surface area (Å²) in [6.45, 7) is 4.94. The summed E-state index contributed by atoms with van der Waals surface area (Å²) in [7, 11) is 0. The van der Waals surface area contributed by atoms with Crippen molar-refractivity contribution in [3.05, 3.63) is 57.7 Å². The summed E-state index contributed by atoms with van der Waals surface area (Å²) >= 11 is 3.24. The van der Waals surface area contributed by atoms with Gasteiger partial charge >= 0.3 is 0 Å². The second-order valence-corrected chi connectivity index (χ2v) is 5.17. The van der Waals surface area contributed by atoms with Crippen molar-refractivity contribution in [2.75, 3.05) is 6.54 Å². The zero-order valence-electron chi connectivity index (χ0n) is 11.0. The Morgan fingerprint density at radius 2 is 2.11 bits per heavy atom. The molecule has 1 atom stereocenters. The van der Waals surface area contributed by atoms with E-state index in [-0.39, 0.29) is 11.9 Å². The number of furan rings is 1. The molecule has 0 aliphatic carbocycles. The molecule has 0 saturated heterocycles. The highest BCUT2D eigenvalue weighted by atomic mass is 79.9. The molecule has 1 unspecified atom stereocenters. The highest BCUT2D eigenvalue weighted by molar-refractivity contribution is 9.10. The lowest BCUT2D eigenvalue weighted by molar-refractivity contribution is 0.502. The van der Waals surface area contributed by atoms with Crippen LogP contribution in [0.3, 0.4) is 0 Å². The van der Waals surface area contributed by atoms with Gasteiger partial charge in [-0.2, -0.15) is 0 Å². The van der Waals surface area contributed by atoms with Gasteiger partial charge in [0, 0.05) is 12.0 Å². The molecule has 0 fully saturated rings. The van der Waals surface area contributed by atoms with E-state index in [1.807, 2.05) is 12.1 Å². The van der Waals surface area contributed by atoms with Gasteiger partial charge in [0.05, 0.1) is 16.8 Å². The van der Waals surface area contributed by atoms with Crippen LogP contribution in [0.4, 0.5) is 4.39 Å². The maximum absolute atomic E-state index is 13.4. The number of hydrogen-bond acceptors (Lipinski definition) is 2. The van der Waals surface area contributed by atoms with Crippen molar-refractivity contribution in [3.8, 4) is 0 Å². The largest absolute Gasteiger partial charge is 0.469 e. The molecule has 0 aliphatic rings. The molecule has 2 rings (SSSR count). The van der Waals surface area contributed by atoms with Crippen LogP contribution in [0.15, 0.2) is 39.4 Å². The van der Waals surface area contributed by atoms with E-state index >= 15 is 0 Å². The lowest BCUT2D eigenvalue weighted by Crippen LogP contribution is -2.22. The molecule has 1 aromatic heterocycles. The Morgan fingerprint density at radius 1 is 1.32 bits per heavy atom. The van der Waals surface area contributed by atoms with E-state index < -0.39 is 0 Å². The Kier molecular flexibility index (Phi) is 4.77. The standard InChI is InChI=1S/C15H17BrFNO/c1-3-14-11(7-8-19-14)15(18-4-2)10-5-6-13(17)12(16)9-10/h5-9,15,18H,3-4H2,1-2H3. The minimum atomic E-state index is -0.248. The van der Waals surface area contributed by atoms with Crippen molar-refractivity contribution in [2.24, 2.45) is 0 Å².